The number of allylic oxidation sites excluding steroid dienone is 2. The van der Waals surface area contributed by atoms with E-state index < -0.39 is 0 Å². The molecule has 0 saturated heterocycles. The van der Waals surface area contributed by atoms with Crippen LogP contribution in [0.2, 0.25) is 0 Å². The van der Waals surface area contributed by atoms with Crippen LogP contribution in [0.15, 0.2) is 60.1 Å². The number of hydrogen-bond donors (Lipinski definition) is 1. The van der Waals surface area contributed by atoms with Gasteiger partial charge in [-0.2, -0.15) is 4.98 Å². The third-order valence-electron chi connectivity index (χ3n) is 2.92. The summed E-state index contributed by atoms with van der Waals surface area (Å²) in [5.74, 6) is 1.48. The van der Waals surface area contributed by atoms with Gasteiger partial charge in [0.1, 0.15) is 12.1 Å². The van der Waals surface area contributed by atoms with Gasteiger partial charge < -0.3 is 10.1 Å². The fourth-order valence-corrected chi connectivity index (χ4v) is 1.97. The Morgan fingerprint density at radius 1 is 1.29 bits per heavy atom. The molecule has 2 aromatic rings. The maximum Gasteiger partial charge on any atom is 0.250 e. The molecule has 0 unspecified atom stereocenters. The summed E-state index contributed by atoms with van der Waals surface area (Å²) < 4.78 is 5.62. The van der Waals surface area contributed by atoms with Crippen molar-refractivity contribution in [3.63, 3.8) is 0 Å². The molecule has 1 aliphatic rings. The Morgan fingerprint density at radius 2 is 2.14 bits per heavy atom. The molecular formula is C16H14N4O. The number of anilines is 2. The number of aliphatic imine (C=N–C) groups is 1. The molecule has 5 heteroatoms. The molecule has 0 amide bonds. The minimum Gasteiger partial charge on any atom is -0.438 e. The van der Waals surface area contributed by atoms with Crippen LogP contribution in [0.4, 0.5) is 17.2 Å². The zero-order valence-electron chi connectivity index (χ0n) is 11.6. The Bertz CT molecular complexity index is 750. The first kappa shape index (κ1) is 13.1. The maximum absolute atomic E-state index is 5.62. The van der Waals surface area contributed by atoms with Crippen molar-refractivity contribution in [3.8, 4) is 5.88 Å². The van der Waals surface area contributed by atoms with Crippen molar-refractivity contribution in [2.75, 3.05) is 5.32 Å². The number of ether oxygens (including phenoxy) is 1. The van der Waals surface area contributed by atoms with E-state index >= 15 is 0 Å². The van der Waals surface area contributed by atoms with Gasteiger partial charge in [0.2, 0.25) is 0 Å². The minimum atomic E-state index is 0.375. The van der Waals surface area contributed by atoms with Gasteiger partial charge in [-0.25, -0.2) is 9.98 Å². The topological polar surface area (TPSA) is 59.4 Å². The summed E-state index contributed by atoms with van der Waals surface area (Å²) in [4.78, 5) is 12.8. The maximum atomic E-state index is 5.62. The summed E-state index contributed by atoms with van der Waals surface area (Å²) in [6.07, 6.45) is 6.81. The van der Waals surface area contributed by atoms with E-state index in [0.717, 1.165) is 11.3 Å². The van der Waals surface area contributed by atoms with Crippen LogP contribution in [0.1, 0.15) is 12.5 Å². The highest BCUT2D eigenvalue weighted by Crippen LogP contribution is 2.36. The van der Waals surface area contributed by atoms with E-state index in [9.17, 15) is 0 Å². The van der Waals surface area contributed by atoms with Gasteiger partial charge in [-0.3, -0.25) is 0 Å². The van der Waals surface area contributed by atoms with Crippen LogP contribution in [0, 0.1) is 0 Å². The number of para-hydroxylation sites is 1. The zero-order chi connectivity index (χ0) is 14.7. The molecule has 0 saturated carbocycles. The molecule has 104 valence electrons. The predicted molar refractivity (Wildman–Crippen MR) is 83.6 cm³/mol. The normalized spacial score (nSPS) is 12.2. The highest BCUT2D eigenvalue weighted by molar-refractivity contribution is 5.95. The van der Waals surface area contributed by atoms with Gasteiger partial charge in [-0.15, -0.1) is 0 Å². The van der Waals surface area contributed by atoms with Crippen LogP contribution in [0.3, 0.4) is 0 Å². The lowest BCUT2D eigenvalue weighted by atomic mass is 10.2. The average Bonchev–Trinajstić information content (AvgIpc) is 2.67. The predicted octanol–water partition coefficient (Wildman–Crippen LogP) is 3.75. The third kappa shape index (κ3) is 2.67. The first-order valence-electron chi connectivity index (χ1n) is 6.52. The Balaban J connectivity index is 2.01. The fourth-order valence-electron chi connectivity index (χ4n) is 1.97. The average molecular weight is 278 g/mol. The highest BCUT2D eigenvalue weighted by Gasteiger charge is 2.16. The van der Waals surface area contributed by atoms with Crippen molar-refractivity contribution >= 4 is 23.4 Å². The highest BCUT2D eigenvalue weighted by atomic mass is 16.5. The largest absolute Gasteiger partial charge is 0.438 e. The van der Waals surface area contributed by atoms with Crippen LogP contribution in [-0.4, -0.2) is 16.2 Å². The first-order chi connectivity index (χ1) is 10.3. The standard InChI is InChI=1S/C16H14N4O/c1-3-6-11(2)21-16-14-15(18-10-19-16)20-13-8-5-4-7-12(13)9-17-14/h3-10H,2H2,1H3,(H,18,19,20). The molecule has 1 N–H and O–H groups in total. The number of benzene rings is 1. The molecule has 1 aromatic carbocycles. The van der Waals surface area contributed by atoms with Crippen molar-refractivity contribution < 1.29 is 4.74 Å². The number of rotatable bonds is 3. The third-order valence-corrected chi connectivity index (χ3v) is 2.92. The van der Waals surface area contributed by atoms with Gasteiger partial charge >= 0.3 is 0 Å². The molecule has 0 radical (unpaired) electrons. The SMILES string of the molecule is C=C(C=CC)Oc1ncnc2c1N=Cc1ccccc1N2. The summed E-state index contributed by atoms with van der Waals surface area (Å²) in [6.45, 7) is 5.70. The zero-order valence-corrected chi connectivity index (χ0v) is 11.6. The number of fused-ring (bicyclic) bond motifs is 2. The van der Waals surface area contributed by atoms with Gasteiger partial charge in [-0.1, -0.05) is 30.9 Å². The number of nitrogens with one attached hydrogen (secondary N) is 1. The van der Waals surface area contributed by atoms with Crippen LogP contribution in [0.25, 0.3) is 0 Å². The molecule has 0 aliphatic carbocycles. The Kier molecular flexibility index (Phi) is 3.47. The van der Waals surface area contributed by atoms with E-state index in [1.807, 2.05) is 37.3 Å². The van der Waals surface area contributed by atoms with Gasteiger partial charge in [0.15, 0.2) is 11.5 Å². The molecule has 2 heterocycles. The minimum absolute atomic E-state index is 0.375. The Labute approximate surface area is 122 Å². The van der Waals surface area contributed by atoms with Crippen LogP contribution in [-0.2, 0) is 0 Å². The lowest BCUT2D eigenvalue weighted by Crippen LogP contribution is -1.99. The van der Waals surface area contributed by atoms with Crippen molar-refractivity contribution in [2.45, 2.75) is 6.92 Å². The molecule has 21 heavy (non-hydrogen) atoms. The first-order valence-corrected chi connectivity index (χ1v) is 6.52. The molecule has 3 rings (SSSR count). The van der Waals surface area contributed by atoms with Crippen LogP contribution in [0.5, 0.6) is 5.88 Å². The number of aromatic nitrogens is 2. The molecule has 1 aliphatic heterocycles. The molecule has 0 atom stereocenters. The van der Waals surface area contributed by atoms with Crippen molar-refractivity contribution in [1.82, 2.24) is 9.97 Å². The number of hydrogen-bond acceptors (Lipinski definition) is 5. The van der Waals surface area contributed by atoms with Gasteiger partial charge in [0.25, 0.3) is 5.88 Å². The van der Waals surface area contributed by atoms with Gasteiger partial charge in [0, 0.05) is 17.5 Å². The van der Waals surface area contributed by atoms with Crippen molar-refractivity contribution in [3.05, 3.63) is 60.6 Å². The lowest BCUT2D eigenvalue weighted by molar-refractivity contribution is 0.429. The van der Waals surface area contributed by atoms with E-state index in [1.165, 1.54) is 6.33 Å². The van der Waals surface area contributed by atoms with E-state index in [-0.39, 0.29) is 0 Å². The van der Waals surface area contributed by atoms with Gasteiger partial charge in [-0.05, 0) is 19.1 Å². The second kappa shape index (κ2) is 5.58. The molecule has 1 aromatic heterocycles. The van der Waals surface area contributed by atoms with Gasteiger partial charge in [0.05, 0.1) is 0 Å². The second-order valence-electron chi connectivity index (χ2n) is 4.41. The summed E-state index contributed by atoms with van der Waals surface area (Å²) in [6, 6.07) is 7.86. The molecule has 5 nitrogen and oxygen atoms in total. The lowest BCUT2D eigenvalue weighted by Gasteiger charge is -2.10. The summed E-state index contributed by atoms with van der Waals surface area (Å²) in [5.41, 5.74) is 2.48. The Morgan fingerprint density at radius 3 is 3.00 bits per heavy atom. The summed E-state index contributed by atoms with van der Waals surface area (Å²) in [5, 5.41) is 3.24. The number of nitrogens with zero attached hydrogens (tertiary/aromatic N) is 3. The van der Waals surface area contributed by atoms with E-state index in [0.29, 0.717) is 23.1 Å². The summed E-state index contributed by atoms with van der Waals surface area (Å²) >= 11 is 0. The quantitative estimate of drug-likeness (QED) is 0.585. The summed E-state index contributed by atoms with van der Waals surface area (Å²) in [7, 11) is 0. The van der Waals surface area contributed by atoms with Crippen LogP contribution < -0.4 is 10.1 Å². The van der Waals surface area contributed by atoms with E-state index in [4.69, 9.17) is 4.74 Å². The second-order valence-corrected chi connectivity index (χ2v) is 4.41. The molecule has 0 bridgehead atoms. The fraction of sp³-hybridized carbons (Fsp3) is 0.0625. The molecule has 0 spiro atoms. The van der Waals surface area contributed by atoms with Crippen molar-refractivity contribution in [2.24, 2.45) is 4.99 Å². The smallest absolute Gasteiger partial charge is 0.250 e. The monoisotopic (exact) mass is 278 g/mol. The van der Waals surface area contributed by atoms with Crippen LogP contribution >= 0.6 is 0 Å². The Hall–Kier alpha value is -2.95. The van der Waals surface area contributed by atoms with E-state index in [2.05, 4.69) is 26.9 Å². The van der Waals surface area contributed by atoms with Crippen molar-refractivity contribution in [1.29, 1.82) is 0 Å². The molecule has 0 fully saturated rings. The van der Waals surface area contributed by atoms with E-state index in [1.54, 1.807) is 12.3 Å². The molecular weight excluding hydrogens is 264 g/mol.